The molecule has 1 aromatic heterocycles. The second-order valence-electron chi connectivity index (χ2n) is 8.21. The standard InChI is InChI=1S/C25H24Cl2N2O3/c1-4-31-25(30)16-9-18(10-16)32-23-6-5-21(26)20(24(23)27)12-17-11-19-14(2)7-15(13-28)8-22(19)29(17)3/h5-8,11,16,18H,4,9-10,12H2,1-3H3/t16-,18+. The van der Waals surface area contributed by atoms with Crippen molar-refractivity contribution in [3.8, 4) is 11.8 Å². The monoisotopic (exact) mass is 470 g/mol. The SMILES string of the molecule is CCOC(=O)[C@H]1C[C@@H](Oc2ccc(Cl)c(Cc3cc4c(C)cc(C#N)cc4n3C)c2Cl)C1. The van der Waals surface area contributed by atoms with Crippen molar-refractivity contribution in [3.63, 3.8) is 0 Å². The molecule has 0 N–H and O–H groups in total. The molecule has 0 saturated heterocycles. The van der Waals surface area contributed by atoms with Gasteiger partial charge >= 0.3 is 5.97 Å². The Morgan fingerprint density at radius 3 is 2.69 bits per heavy atom. The molecule has 0 spiro atoms. The van der Waals surface area contributed by atoms with Crippen molar-refractivity contribution in [3.05, 3.63) is 62.8 Å². The van der Waals surface area contributed by atoms with Crippen LogP contribution >= 0.6 is 23.2 Å². The number of nitriles is 1. The van der Waals surface area contributed by atoms with Crippen LogP contribution in [0.15, 0.2) is 30.3 Å². The fraction of sp³-hybridized carbons (Fsp3) is 0.360. The number of halogens is 2. The zero-order valence-corrected chi connectivity index (χ0v) is 19.8. The molecule has 0 atom stereocenters. The summed E-state index contributed by atoms with van der Waals surface area (Å²) in [6.45, 7) is 4.20. The van der Waals surface area contributed by atoms with Crippen LogP contribution in [0.4, 0.5) is 0 Å². The highest BCUT2D eigenvalue weighted by Crippen LogP contribution is 2.39. The highest BCUT2D eigenvalue weighted by molar-refractivity contribution is 6.37. The molecule has 1 saturated carbocycles. The number of carbonyl (C=O) groups is 1. The first-order valence-corrected chi connectivity index (χ1v) is 11.4. The molecule has 1 aliphatic carbocycles. The van der Waals surface area contributed by atoms with Crippen LogP contribution in [0.2, 0.25) is 10.0 Å². The molecule has 0 unspecified atom stereocenters. The van der Waals surface area contributed by atoms with E-state index in [2.05, 4.69) is 16.7 Å². The van der Waals surface area contributed by atoms with Gasteiger partial charge in [-0.3, -0.25) is 4.79 Å². The van der Waals surface area contributed by atoms with E-state index < -0.39 is 0 Å². The van der Waals surface area contributed by atoms with Crippen molar-refractivity contribution in [1.82, 2.24) is 4.57 Å². The molecule has 0 aliphatic heterocycles. The number of hydrogen-bond acceptors (Lipinski definition) is 4. The van der Waals surface area contributed by atoms with Gasteiger partial charge in [-0.15, -0.1) is 0 Å². The first kappa shape index (κ1) is 22.5. The second-order valence-corrected chi connectivity index (χ2v) is 8.99. The third kappa shape index (κ3) is 4.18. The van der Waals surface area contributed by atoms with Crippen LogP contribution in [0.1, 0.15) is 42.1 Å². The fourth-order valence-electron chi connectivity index (χ4n) is 4.20. The molecule has 4 rings (SSSR count). The number of nitrogens with zero attached hydrogens (tertiary/aromatic N) is 2. The van der Waals surface area contributed by atoms with Gasteiger partial charge in [0.2, 0.25) is 0 Å². The average molecular weight is 471 g/mol. The summed E-state index contributed by atoms with van der Waals surface area (Å²) in [6.07, 6.45) is 1.70. The van der Waals surface area contributed by atoms with E-state index in [0.29, 0.717) is 47.2 Å². The van der Waals surface area contributed by atoms with Crippen molar-refractivity contribution >= 4 is 40.1 Å². The van der Waals surface area contributed by atoms with Gasteiger partial charge in [0, 0.05) is 35.1 Å². The number of hydrogen-bond donors (Lipinski definition) is 0. The molecule has 0 bridgehead atoms. The van der Waals surface area contributed by atoms with Crippen LogP contribution in [-0.2, 0) is 23.0 Å². The van der Waals surface area contributed by atoms with Gasteiger partial charge in [-0.05, 0) is 68.1 Å². The zero-order valence-electron chi connectivity index (χ0n) is 18.2. The van der Waals surface area contributed by atoms with Gasteiger partial charge in [-0.2, -0.15) is 5.26 Å². The molecule has 1 heterocycles. The zero-order chi connectivity index (χ0) is 23.0. The molecular formula is C25H24Cl2N2O3. The quantitative estimate of drug-likeness (QED) is 0.415. The van der Waals surface area contributed by atoms with Crippen LogP contribution in [0.3, 0.4) is 0 Å². The summed E-state index contributed by atoms with van der Waals surface area (Å²) in [7, 11) is 1.98. The van der Waals surface area contributed by atoms with Crippen LogP contribution in [0, 0.1) is 24.2 Å². The normalized spacial score (nSPS) is 17.6. The van der Waals surface area contributed by atoms with Gasteiger partial charge in [0.25, 0.3) is 0 Å². The second kappa shape index (κ2) is 9.05. The highest BCUT2D eigenvalue weighted by Gasteiger charge is 2.37. The number of aromatic nitrogens is 1. The minimum atomic E-state index is -0.166. The smallest absolute Gasteiger partial charge is 0.309 e. The Labute approximate surface area is 197 Å². The highest BCUT2D eigenvalue weighted by atomic mass is 35.5. The molecule has 7 heteroatoms. The van der Waals surface area contributed by atoms with E-state index in [1.165, 1.54) is 0 Å². The molecule has 2 aromatic carbocycles. The van der Waals surface area contributed by atoms with Crippen molar-refractivity contribution < 1.29 is 14.3 Å². The maximum Gasteiger partial charge on any atom is 0.309 e. The Balaban J connectivity index is 1.57. The third-order valence-electron chi connectivity index (χ3n) is 6.11. The summed E-state index contributed by atoms with van der Waals surface area (Å²) in [5.41, 5.74) is 4.50. The Bertz CT molecular complexity index is 1240. The summed E-state index contributed by atoms with van der Waals surface area (Å²) in [5, 5.41) is 11.4. The van der Waals surface area contributed by atoms with E-state index in [-0.39, 0.29) is 18.0 Å². The van der Waals surface area contributed by atoms with E-state index in [9.17, 15) is 10.1 Å². The van der Waals surface area contributed by atoms with Crippen LogP contribution in [-0.4, -0.2) is 23.2 Å². The lowest BCUT2D eigenvalue weighted by Crippen LogP contribution is -2.39. The molecule has 1 fully saturated rings. The van der Waals surface area contributed by atoms with Gasteiger partial charge in [0.1, 0.15) is 11.9 Å². The van der Waals surface area contributed by atoms with E-state index in [1.807, 2.05) is 26.1 Å². The number of fused-ring (bicyclic) bond motifs is 1. The summed E-state index contributed by atoms with van der Waals surface area (Å²) >= 11 is 13.2. The molecular weight excluding hydrogens is 447 g/mol. The van der Waals surface area contributed by atoms with Crippen molar-refractivity contribution in [2.45, 2.75) is 39.2 Å². The number of esters is 1. The molecule has 3 aromatic rings. The number of benzene rings is 2. The lowest BCUT2D eigenvalue weighted by atomic mass is 9.82. The molecule has 5 nitrogen and oxygen atoms in total. The minimum Gasteiger partial charge on any atom is -0.489 e. The van der Waals surface area contributed by atoms with E-state index in [4.69, 9.17) is 32.7 Å². The lowest BCUT2D eigenvalue weighted by molar-refractivity contribution is -0.154. The molecule has 166 valence electrons. The first-order chi connectivity index (χ1) is 15.3. The largest absolute Gasteiger partial charge is 0.489 e. The van der Waals surface area contributed by atoms with E-state index in [0.717, 1.165) is 27.7 Å². The fourth-order valence-corrected chi connectivity index (χ4v) is 4.75. The van der Waals surface area contributed by atoms with Gasteiger partial charge in [0.15, 0.2) is 0 Å². The topological polar surface area (TPSA) is 64.2 Å². The summed E-state index contributed by atoms with van der Waals surface area (Å²) in [6, 6.07) is 11.7. The third-order valence-corrected chi connectivity index (χ3v) is 6.88. The predicted octanol–water partition coefficient (Wildman–Crippen LogP) is 5.98. The maximum absolute atomic E-state index is 11.8. The molecule has 0 amide bonds. The summed E-state index contributed by atoms with van der Waals surface area (Å²) in [4.78, 5) is 11.8. The minimum absolute atomic E-state index is 0.0689. The number of carbonyl (C=O) groups excluding carboxylic acids is 1. The number of rotatable bonds is 6. The van der Waals surface area contributed by atoms with E-state index >= 15 is 0 Å². The van der Waals surface area contributed by atoms with E-state index in [1.54, 1.807) is 19.1 Å². The summed E-state index contributed by atoms with van der Waals surface area (Å²) in [5.74, 6) is 0.295. The summed E-state index contributed by atoms with van der Waals surface area (Å²) < 4.78 is 13.2. The number of ether oxygens (including phenoxy) is 2. The Morgan fingerprint density at radius 1 is 1.25 bits per heavy atom. The molecule has 32 heavy (non-hydrogen) atoms. The van der Waals surface area contributed by atoms with Crippen molar-refractivity contribution in [1.29, 1.82) is 5.26 Å². The Morgan fingerprint density at radius 2 is 2.00 bits per heavy atom. The first-order valence-electron chi connectivity index (χ1n) is 10.6. The van der Waals surface area contributed by atoms with Gasteiger partial charge < -0.3 is 14.0 Å². The van der Waals surface area contributed by atoms with Crippen molar-refractivity contribution in [2.24, 2.45) is 13.0 Å². The maximum atomic E-state index is 11.8. The predicted molar refractivity (Wildman–Crippen MR) is 125 cm³/mol. The van der Waals surface area contributed by atoms with Crippen LogP contribution < -0.4 is 4.74 Å². The lowest BCUT2D eigenvalue weighted by Gasteiger charge is -2.34. The van der Waals surface area contributed by atoms with Crippen LogP contribution in [0.5, 0.6) is 5.75 Å². The van der Waals surface area contributed by atoms with Crippen LogP contribution in [0.25, 0.3) is 10.9 Å². The van der Waals surface area contributed by atoms with Gasteiger partial charge in [-0.1, -0.05) is 23.2 Å². The van der Waals surface area contributed by atoms with Crippen molar-refractivity contribution in [2.75, 3.05) is 6.61 Å². The van der Waals surface area contributed by atoms with Gasteiger partial charge in [-0.25, -0.2) is 0 Å². The molecule has 1 aliphatic rings. The molecule has 0 radical (unpaired) electrons. The van der Waals surface area contributed by atoms with Gasteiger partial charge in [0.05, 0.1) is 29.2 Å². The Hall–Kier alpha value is -2.68. The Kier molecular flexibility index (Phi) is 6.37. The average Bonchev–Trinajstić information content (AvgIpc) is 3.05. The number of aryl methyl sites for hydroxylation is 2.